The number of benzene rings is 2. The van der Waals surface area contributed by atoms with Gasteiger partial charge in [-0.2, -0.15) is 0 Å². The van der Waals surface area contributed by atoms with Crippen LogP contribution in [0.1, 0.15) is 5.56 Å². The van der Waals surface area contributed by atoms with Crippen molar-refractivity contribution in [2.45, 2.75) is 6.61 Å². The molecule has 0 aliphatic carbocycles. The van der Waals surface area contributed by atoms with E-state index in [9.17, 15) is 20.2 Å². The zero-order valence-corrected chi connectivity index (χ0v) is 10.8. The second-order valence-electron chi connectivity index (χ2n) is 4.19. The summed E-state index contributed by atoms with van der Waals surface area (Å²) in [4.78, 5) is 20.2. The fourth-order valence-corrected chi connectivity index (χ4v) is 1.67. The van der Waals surface area contributed by atoms with Gasteiger partial charge in [0.25, 0.3) is 11.4 Å². The van der Waals surface area contributed by atoms with Crippen molar-refractivity contribution in [1.82, 2.24) is 0 Å². The minimum absolute atomic E-state index is 0.0366. The molecule has 0 unspecified atom stereocenters. The maximum Gasteiger partial charge on any atom is 0.292 e. The zero-order valence-electron chi connectivity index (χ0n) is 10.8. The number of rotatable bonds is 5. The molecule has 0 saturated carbocycles. The topological polar surface area (TPSA) is 122 Å². The van der Waals surface area contributed by atoms with Crippen LogP contribution >= 0.6 is 0 Å². The van der Waals surface area contributed by atoms with Crippen LogP contribution in [0.4, 0.5) is 17.1 Å². The molecule has 0 saturated heterocycles. The highest BCUT2D eigenvalue weighted by molar-refractivity contribution is 5.59. The standard InChI is InChI=1S/C13H11N3O5/c14-12-6-1-9(7-13(12)16(19)20)8-21-11-4-2-10(3-5-11)15(17)18/h1-7H,8,14H2. The maximum absolute atomic E-state index is 10.8. The van der Waals surface area contributed by atoms with Crippen molar-refractivity contribution in [1.29, 1.82) is 0 Å². The van der Waals surface area contributed by atoms with E-state index in [0.717, 1.165) is 0 Å². The second kappa shape index (κ2) is 5.87. The smallest absolute Gasteiger partial charge is 0.292 e. The number of nitrogens with zero attached hydrogens (tertiary/aromatic N) is 2. The summed E-state index contributed by atoms with van der Waals surface area (Å²) in [6.45, 7) is 0.0962. The third kappa shape index (κ3) is 3.44. The van der Waals surface area contributed by atoms with Crippen LogP contribution in [0.15, 0.2) is 42.5 Å². The molecule has 2 aromatic rings. The molecule has 0 aliphatic rings. The molecule has 108 valence electrons. The van der Waals surface area contributed by atoms with Crippen LogP contribution < -0.4 is 10.5 Å². The van der Waals surface area contributed by atoms with Crippen LogP contribution in [0.25, 0.3) is 0 Å². The Labute approximate surface area is 119 Å². The van der Waals surface area contributed by atoms with Gasteiger partial charge in [-0.15, -0.1) is 0 Å². The molecule has 2 aromatic carbocycles. The molecule has 0 spiro atoms. The highest BCUT2D eigenvalue weighted by atomic mass is 16.6. The molecule has 2 rings (SSSR count). The Kier molecular flexibility index (Phi) is 3.98. The summed E-state index contributed by atoms with van der Waals surface area (Å²) >= 11 is 0. The average molecular weight is 289 g/mol. The number of hydrogen-bond donors (Lipinski definition) is 1. The lowest BCUT2D eigenvalue weighted by molar-refractivity contribution is -0.384. The lowest BCUT2D eigenvalue weighted by Crippen LogP contribution is -2.00. The maximum atomic E-state index is 10.8. The van der Waals surface area contributed by atoms with Crippen molar-refractivity contribution < 1.29 is 14.6 Å². The van der Waals surface area contributed by atoms with Crippen molar-refractivity contribution in [3.05, 3.63) is 68.3 Å². The first-order valence-corrected chi connectivity index (χ1v) is 5.87. The number of non-ortho nitro benzene ring substituents is 1. The predicted molar refractivity (Wildman–Crippen MR) is 74.9 cm³/mol. The second-order valence-corrected chi connectivity index (χ2v) is 4.19. The summed E-state index contributed by atoms with van der Waals surface area (Å²) in [5.74, 6) is 0.431. The zero-order chi connectivity index (χ0) is 15.4. The van der Waals surface area contributed by atoms with Crippen LogP contribution in [0.5, 0.6) is 5.75 Å². The average Bonchev–Trinajstić information content (AvgIpc) is 2.46. The van der Waals surface area contributed by atoms with Crippen molar-refractivity contribution in [2.24, 2.45) is 0 Å². The largest absolute Gasteiger partial charge is 0.489 e. The molecule has 0 amide bonds. The van der Waals surface area contributed by atoms with E-state index in [2.05, 4.69) is 0 Å². The minimum Gasteiger partial charge on any atom is -0.489 e. The van der Waals surface area contributed by atoms with E-state index in [1.807, 2.05) is 0 Å². The number of nitrogen functional groups attached to an aromatic ring is 1. The SMILES string of the molecule is Nc1ccc(COc2ccc([N+](=O)[O-])cc2)cc1[N+](=O)[O-]. The van der Waals surface area contributed by atoms with Gasteiger partial charge in [0.15, 0.2) is 0 Å². The lowest BCUT2D eigenvalue weighted by Gasteiger charge is -2.06. The van der Waals surface area contributed by atoms with Crippen LogP contribution in [0.2, 0.25) is 0 Å². The first-order valence-electron chi connectivity index (χ1n) is 5.87. The molecule has 0 bridgehead atoms. The fraction of sp³-hybridized carbons (Fsp3) is 0.0769. The van der Waals surface area contributed by atoms with Gasteiger partial charge in [0.1, 0.15) is 18.0 Å². The van der Waals surface area contributed by atoms with E-state index >= 15 is 0 Å². The molecule has 2 N–H and O–H groups in total. The molecule has 0 atom stereocenters. The Hall–Kier alpha value is -3.16. The van der Waals surface area contributed by atoms with E-state index in [1.165, 1.54) is 36.4 Å². The molecule has 0 radical (unpaired) electrons. The van der Waals surface area contributed by atoms with Gasteiger partial charge in [0.2, 0.25) is 0 Å². The van der Waals surface area contributed by atoms with E-state index in [4.69, 9.17) is 10.5 Å². The normalized spacial score (nSPS) is 10.1. The van der Waals surface area contributed by atoms with Crippen molar-refractivity contribution in [2.75, 3.05) is 5.73 Å². The number of nitro benzene ring substituents is 2. The summed E-state index contributed by atoms with van der Waals surface area (Å²) in [6, 6.07) is 9.95. The first kappa shape index (κ1) is 14.3. The molecular formula is C13H11N3O5. The summed E-state index contributed by atoms with van der Waals surface area (Å²) in [5, 5.41) is 21.3. The third-order valence-corrected chi connectivity index (χ3v) is 2.74. The molecule has 21 heavy (non-hydrogen) atoms. The van der Waals surface area contributed by atoms with Gasteiger partial charge < -0.3 is 10.5 Å². The summed E-state index contributed by atoms with van der Waals surface area (Å²) in [6.07, 6.45) is 0. The highest BCUT2D eigenvalue weighted by Crippen LogP contribution is 2.24. The number of nitro groups is 2. The number of ether oxygens (including phenoxy) is 1. The van der Waals surface area contributed by atoms with Gasteiger partial charge >= 0.3 is 0 Å². The Morgan fingerprint density at radius 3 is 2.24 bits per heavy atom. The highest BCUT2D eigenvalue weighted by Gasteiger charge is 2.12. The van der Waals surface area contributed by atoms with E-state index in [0.29, 0.717) is 11.3 Å². The quantitative estimate of drug-likeness (QED) is 0.513. The Balaban J connectivity index is 2.07. The summed E-state index contributed by atoms with van der Waals surface area (Å²) in [7, 11) is 0. The molecule has 8 heteroatoms. The number of hydrogen-bond acceptors (Lipinski definition) is 6. The van der Waals surface area contributed by atoms with Gasteiger partial charge in [-0.1, -0.05) is 6.07 Å². The van der Waals surface area contributed by atoms with E-state index in [1.54, 1.807) is 6.07 Å². The van der Waals surface area contributed by atoms with E-state index < -0.39 is 9.85 Å². The third-order valence-electron chi connectivity index (χ3n) is 2.74. The fourth-order valence-electron chi connectivity index (χ4n) is 1.67. The monoisotopic (exact) mass is 289 g/mol. The molecule has 0 fully saturated rings. The van der Waals surface area contributed by atoms with Gasteiger partial charge in [0.05, 0.1) is 9.85 Å². The summed E-state index contributed by atoms with van der Waals surface area (Å²) in [5.41, 5.74) is 5.94. The molecule has 8 nitrogen and oxygen atoms in total. The minimum atomic E-state index is -0.565. The molecule has 0 heterocycles. The molecule has 0 aromatic heterocycles. The molecular weight excluding hydrogens is 278 g/mol. The van der Waals surface area contributed by atoms with Gasteiger partial charge in [-0.25, -0.2) is 0 Å². The lowest BCUT2D eigenvalue weighted by atomic mass is 10.2. The predicted octanol–water partition coefficient (Wildman–Crippen LogP) is 2.66. The Morgan fingerprint density at radius 2 is 1.67 bits per heavy atom. The Morgan fingerprint density at radius 1 is 1.00 bits per heavy atom. The number of nitrogens with two attached hydrogens (primary N) is 1. The molecule has 0 aliphatic heterocycles. The number of anilines is 1. The van der Waals surface area contributed by atoms with Crippen molar-refractivity contribution >= 4 is 17.1 Å². The first-order chi connectivity index (χ1) is 9.97. The van der Waals surface area contributed by atoms with Crippen molar-refractivity contribution in [3.8, 4) is 5.75 Å². The van der Waals surface area contributed by atoms with Gasteiger partial charge in [-0.05, 0) is 23.8 Å². The van der Waals surface area contributed by atoms with Crippen LogP contribution in [0, 0.1) is 20.2 Å². The van der Waals surface area contributed by atoms with Crippen LogP contribution in [0.3, 0.4) is 0 Å². The van der Waals surface area contributed by atoms with Gasteiger partial charge in [-0.3, -0.25) is 20.2 Å². The van der Waals surface area contributed by atoms with E-state index in [-0.39, 0.29) is 23.7 Å². The van der Waals surface area contributed by atoms with Crippen LogP contribution in [-0.2, 0) is 6.61 Å². The Bertz CT molecular complexity index is 685. The van der Waals surface area contributed by atoms with Gasteiger partial charge in [0, 0.05) is 18.2 Å². The van der Waals surface area contributed by atoms with Crippen LogP contribution in [-0.4, -0.2) is 9.85 Å². The van der Waals surface area contributed by atoms with Crippen molar-refractivity contribution in [3.63, 3.8) is 0 Å². The summed E-state index contributed by atoms with van der Waals surface area (Å²) < 4.78 is 5.42.